The first-order valence-electron chi connectivity index (χ1n) is 8.54. The summed E-state index contributed by atoms with van der Waals surface area (Å²) in [6.45, 7) is 9.32. The Morgan fingerprint density at radius 1 is 1.24 bits per heavy atom. The van der Waals surface area contributed by atoms with Gasteiger partial charge in [-0.25, -0.2) is 4.68 Å². The summed E-state index contributed by atoms with van der Waals surface area (Å²) in [6, 6.07) is 8.16. The number of carbonyl (C=O) groups excluding carboxylic acids is 1. The third-order valence-corrected chi connectivity index (χ3v) is 4.80. The number of nitrogens with zero attached hydrogens (tertiary/aromatic N) is 3. The summed E-state index contributed by atoms with van der Waals surface area (Å²) in [5, 5.41) is 11.7. The number of nitrogens with two attached hydrogens (primary N) is 1. The van der Waals surface area contributed by atoms with E-state index in [1.165, 1.54) is 22.0 Å². The quantitative estimate of drug-likeness (QED) is 0.450. The van der Waals surface area contributed by atoms with Crippen molar-refractivity contribution in [3.05, 3.63) is 29.8 Å². The Balaban J connectivity index is 2.02. The molecule has 7 heteroatoms. The molecule has 0 saturated carbocycles. The number of thioether (sulfide) groups is 1. The van der Waals surface area contributed by atoms with E-state index in [0.29, 0.717) is 17.5 Å². The summed E-state index contributed by atoms with van der Waals surface area (Å²) < 4.78 is 1.44. The van der Waals surface area contributed by atoms with E-state index in [-0.39, 0.29) is 17.1 Å². The zero-order valence-electron chi connectivity index (χ0n) is 15.4. The number of hydrogen-bond donors (Lipinski definition) is 2. The third-order valence-electron chi connectivity index (χ3n) is 3.86. The minimum absolute atomic E-state index is 0.0162. The molecule has 0 radical (unpaired) electrons. The van der Waals surface area contributed by atoms with Crippen molar-refractivity contribution in [2.75, 3.05) is 18.1 Å². The van der Waals surface area contributed by atoms with Crippen molar-refractivity contribution >= 4 is 17.7 Å². The second kappa shape index (κ2) is 8.38. The summed E-state index contributed by atoms with van der Waals surface area (Å²) >= 11 is 1.29. The van der Waals surface area contributed by atoms with E-state index in [2.05, 4.69) is 55.3 Å². The predicted octanol–water partition coefficient (Wildman–Crippen LogP) is 2.96. The van der Waals surface area contributed by atoms with Gasteiger partial charge in [-0.3, -0.25) is 4.79 Å². The van der Waals surface area contributed by atoms with Crippen molar-refractivity contribution < 1.29 is 4.79 Å². The molecule has 0 fully saturated rings. The largest absolute Gasteiger partial charge is 0.355 e. The highest BCUT2D eigenvalue weighted by Crippen LogP contribution is 2.26. The molecule has 1 heterocycles. The average Bonchev–Trinajstić information content (AvgIpc) is 2.93. The Morgan fingerprint density at radius 2 is 1.92 bits per heavy atom. The lowest BCUT2D eigenvalue weighted by molar-refractivity contribution is -0.118. The van der Waals surface area contributed by atoms with Crippen LogP contribution in [0.3, 0.4) is 0 Å². The molecule has 0 aliphatic heterocycles. The maximum atomic E-state index is 11.8. The predicted molar refractivity (Wildman–Crippen MR) is 103 cm³/mol. The molecule has 0 saturated heterocycles. The highest BCUT2D eigenvalue weighted by Gasteiger charge is 2.16. The number of unbranched alkanes of at least 4 members (excludes halogenated alkanes) is 1. The Hall–Kier alpha value is -2.02. The van der Waals surface area contributed by atoms with E-state index in [9.17, 15) is 4.79 Å². The van der Waals surface area contributed by atoms with Crippen molar-refractivity contribution in [2.45, 2.75) is 51.1 Å². The maximum absolute atomic E-state index is 11.8. The molecule has 136 valence electrons. The Labute approximate surface area is 153 Å². The monoisotopic (exact) mass is 361 g/mol. The van der Waals surface area contributed by atoms with E-state index < -0.39 is 0 Å². The van der Waals surface area contributed by atoms with Crippen LogP contribution in [0.2, 0.25) is 0 Å². The molecule has 0 unspecified atom stereocenters. The minimum Gasteiger partial charge on any atom is -0.355 e. The second-order valence-corrected chi connectivity index (χ2v) is 7.94. The molecule has 0 bridgehead atoms. The van der Waals surface area contributed by atoms with Gasteiger partial charge in [-0.05, 0) is 17.4 Å². The van der Waals surface area contributed by atoms with Gasteiger partial charge in [0.15, 0.2) is 5.82 Å². The molecule has 1 amide bonds. The lowest BCUT2D eigenvalue weighted by atomic mass is 9.87. The Bertz CT molecular complexity index is 703. The zero-order valence-corrected chi connectivity index (χ0v) is 16.2. The van der Waals surface area contributed by atoms with Gasteiger partial charge >= 0.3 is 0 Å². The molecule has 0 atom stereocenters. The molecule has 0 aliphatic rings. The van der Waals surface area contributed by atoms with Crippen molar-refractivity contribution in [1.82, 2.24) is 20.2 Å². The van der Waals surface area contributed by atoms with Crippen LogP contribution in [0.15, 0.2) is 29.4 Å². The molecule has 0 spiro atoms. The van der Waals surface area contributed by atoms with Gasteiger partial charge in [0.2, 0.25) is 11.1 Å². The minimum atomic E-state index is -0.0162. The molecule has 0 aliphatic carbocycles. The molecule has 2 rings (SSSR count). The van der Waals surface area contributed by atoms with Gasteiger partial charge in [0.1, 0.15) is 0 Å². The zero-order chi connectivity index (χ0) is 18.4. The van der Waals surface area contributed by atoms with E-state index in [4.69, 9.17) is 5.84 Å². The standard InChI is InChI=1S/C18H27N5OS/c1-5-6-11-20-15(24)12-25-17-22-21-16(23(17)19)13-7-9-14(10-8-13)18(2,3)4/h7-10H,5-6,11-12,19H2,1-4H3,(H,20,24). The smallest absolute Gasteiger partial charge is 0.230 e. The first-order valence-corrected chi connectivity index (χ1v) is 9.52. The number of nitrogen functional groups attached to an aromatic ring is 1. The molecule has 1 aromatic heterocycles. The van der Waals surface area contributed by atoms with Gasteiger partial charge in [0.25, 0.3) is 0 Å². The first-order chi connectivity index (χ1) is 11.8. The van der Waals surface area contributed by atoms with E-state index >= 15 is 0 Å². The molecular weight excluding hydrogens is 334 g/mol. The second-order valence-electron chi connectivity index (χ2n) is 7.00. The van der Waals surface area contributed by atoms with Gasteiger partial charge in [-0.2, -0.15) is 0 Å². The van der Waals surface area contributed by atoms with Crippen molar-refractivity contribution in [3.63, 3.8) is 0 Å². The van der Waals surface area contributed by atoms with Crippen LogP contribution in [-0.2, 0) is 10.2 Å². The van der Waals surface area contributed by atoms with E-state index in [1.54, 1.807) is 0 Å². The topological polar surface area (TPSA) is 85.8 Å². The van der Waals surface area contributed by atoms with Crippen LogP contribution in [0.5, 0.6) is 0 Å². The van der Waals surface area contributed by atoms with Gasteiger partial charge < -0.3 is 11.2 Å². The summed E-state index contributed by atoms with van der Waals surface area (Å²) in [5.41, 5.74) is 2.25. The third kappa shape index (κ3) is 5.22. The Kier molecular flexibility index (Phi) is 6.47. The number of rotatable bonds is 7. The lowest BCUT2D eigenvalue weighted by Crippen LogP contribution is -2.26. The van der Waals surface area contributed by atoms with E-state index in [1.807, 2.05) is 12.1 Å². The fraction of sp³-hybridized carbons (Fsp3) is 0.500. The summed E-state index contributed by atoms with van der Waals surface area (Å²) in [5.74, 6) is 6.96. The van der Waals surface area contributed by atoms with Crippen LogP contribution < -0.4 is 11.2 Å². The van der Waals surface area contributed by atoms with E-state index in [0.717, 1.165) is 18.4 Å². The highest BCUT2D eigenvalue weighted by atomic mass is 32.2. The maximum Gasteiger partial charge on any atom is 0.230 e. The average molecular weight is 362 g/mol. The van der Waals surface area contributed by atoms with Crippen LogP contribution in [0.25, 0.3) is 11.4 Å². The van der Waals surface area contributed by atoms with Gasteiger partial charge in [-0.1, -0.05) is 70.1 Å². The van der Waals surface area contributed by atoms with Gasteiger partial charge in [0.05, 0.1) is 5.75 Å². The number of hydrogen-bond acceptors (Lipinski definition) is 5. The molecule has 3 N–H and O–H groups in total. The molecule has 1 aromatic carbocycles. The lowest BCUT2D eigenvalue weighted by Gasteiger charge is -2.19. The molecule has 6 nitrogen and oxygen atoms in total. The Morgan fingerprint density at radius 3 is 2.52 bits per heavy atom. The number of amides is 1. The fourth-order valence-corrected chi connectivity index (χ4v) is 2.96. The fourth-order valence-electron chi connectivity index (χ4n) is 2.28. The van der Waals surface area contributed by atoms with Crippen LogP contribution >= 0.6 is 11.8 Å². The van der Waals surface area contributed by atoms with Crippen molar-refractivity contribution in [3.8, 4) is 11.4 Å². The number of nitrogens with one attached hydrogen (secondary N) is 1. The van der Waals surface area contributed by atoms with Gasteiger partial charge in [-0.15, -0.1) is 10.2 Å². The SMILES string of the molecule is CCCCNC(=O)CSc1nnc(-c2ccc(C(C)(C)C)cc2)n1N. The van der Waals surface area contributed by atoms with Crippen LogP contribution in [0, 0.1) is 0 Å². The molecule has 25 heavy (non-hydrogen) atoms. The van der Waals surface area contributed by atoms with Crippen LogP contribution in [-0.4, -0.2) is 33.1 Å². The number of benzene rings is 1. The normalized spacial score (nSPS) is 11.5. The molecule has 2 aromatic rings. The number of carbonyl (C=O) groups is 1. The summed E-state index contributed by atoms with van der Waals surface area (Å²) in [4.78, 5) is 11.8. The summed E-state index contributed by atoms with van der Waals surface area (Å²) in [6.07, 6.45) is 2.04. The summed E-state index contributed by atoms with van der Waals surface area (Å²) in [7, 11) is 0. The van der Waals surface area contributed by atoms with Crippen molar-refractivity contribution in [2.24, 2.45) is 0 Å². The van der Waals surface area contributed by atoms with Crippen LogP contribution in [0.1, 0.15) is 46.1 Å². The van der Waals surface area contributed by atoms with Crippen LogP contribution in [0.4, 0.5) is 0 Å². The first kappa shape index (κ1) is 19.3. The van der Waals surface area contributed by atoms with Gasteiger partial charge in [0, 0.05) is 12.1 Å². The number of aromatic nitrogens is 3. The highest BCUT2D eigenvalue weighted by molar-refractivity contribution is 7.99. The molecular formula is C18H27N5OS. The van der Waals surface area contributed by atoms with Crippen molar-refractivity contribution in [1.29, 1.82) is 0 Å².